The largest absolute Gasteiger partial charge is 0.495 e. The quantitative estimate of drug-likeness (QED) is 0.521. The van der Waals surface area contributed by atoms with Crippen LogP contribution in [0, 0.1) is 11.7 Å². The molecule has 10 heteroatoms. The molecule has 0 spiro atoms. The highest BCUT2D eigenvalue weighted by Gasteiger charge is 2.36. The lowest BCUT2D eigenvalue weighted by atomic mass is 10.1. The number of thioether (sulfide) groups is 1. The van der Waals surface area contributed by atoms with Crippen LogP contribution in [0.1, 0.15) is 6.42 Å². The summed E-state index contributed by atoms with van der Waals surface area (Å²) in [4.78, 5) is 38.5. The van der Waals surface area contributed by atoms with Crippen molar-refractivity contribution in [3.05, 3.63) is 53.3 Å². The Labute approximate surface area is 181 Å². The number of nitrogens with zero attached hydrogens (tertiary/aromatic N) is 1. The van der Waals surface area contributed by atoms with Crippen LogP contribution in [0.15, 0.2) is 47.4 Å². The molecule has 1 aliphatic rings. The van der Waals surface area contributed by atoms with Crippen molar-refractivity contribution in [1.82, 2.24) is 10.9 Å². The Kier molecular flexibility index (Phi) is 7.17. The molecule has 2 aromatic carbocycles. The van der Waals surface area contributed by atoms with Gasteiger partial charge >= 0.3 is 0 Å². The summed E-state index contributed by atoms with van der Waals surface area (Å²) in [6, 6.07) is 11.0. The monoisotopic (exact) mass is 451 g/mol. The molecule has 7 nitrogen and oxygen atoms in total. The molecular weight excluding hydrogens is 433 g/mol. The van der Waals surface area contributed by atoms with Gasteiger partial charge in [0, 0.05) is 22.9 Å². The van der Waals surface area contributed by atoms with Gasteiger partial charge in [-0.05, 0) is 30.3 Å². The van der Waals surface area contributed by atoms with Crippen molar-refractivity contribution in [2.45, 2.75) is 11.3 Å². The number of amides is 3. The van der Waals surface area contributed by atoms with Crippen LogP contribution in [0.25, 0.3) is 0 Å². The highest BCUT2D eigenvalue weighted by atomic mass is 35.5. The lowest BCUT2D eigenvalue weighted by Crippen LogP contribution is -2.45. The second-order valence-corrected chi connectivity index (χ2v) is 7.93. The zero-order valence-electron chi connectivity index (χ0n) is 16.0. The van der Waals surface area contributed by atoms with Gasteiger partial charge in [0.1, 0.15) is 11.6 Å². The predicted octanol–water partition coefficient (Wildman–Crippen LogP) is 2.78. The number of benzene rings is 2. The third-order valence-corrected chi connectivity index (χ3v) is 5.73. The first-order valence-electron chi connectivity index (χ1n) is 8.99. The number of hydrogen-bond donors (Lipinski definition) is 2. The molecule has 0 radical (unpaired) electrons. The first kappa shape index (κ1) is 21.9. The Morgan fingerprint density at radius 3 is 2.77 bits per heavy atom. The SMILES string of the molecule is COc1ccc(Cl)cc1N1CC(C(=O)NNC(=O)CSc2ccccc2F)CC1=O. The number of methoxy groups -OCH3 is 1. The molecule has 3 rings (SSSR count). The van der Waals surface area contributed by atoms with E-state index in [0.717, 1.165) is 11.8 Å². The van der Waals surface area contributed by atoms with Crippen molar-refractivity contribution in [2.75, 3.05) is 24.3 Å². The van der Waals surface area contributed by atoms with Gasteiger partial charge in [-0.3, -0.25) is 25.2 Å². The first-order valence-corrected chi connectivity index (χ1v) is 10.4. The van der Waals surface area contributed by atoms with E-state index < -0.39 is 23.5 Å². The fraction of sp³-hybridized carbons (Fsp3) is 0.250. The lowest BCUT2D eigenvalue weighted by molar-refractivity contribution is -0.130. The predicted molar refractivity (Wildman–Crippen MR) is 112 cm³/mol. The number of nitrogens with one attached hydrogen (secondary N) is 2. The Bertz CT molecular complexity index is 975. The van der Waals surface area contributed by atoms with Gasteiger partial charge in [0.2, 0.25) is 17.7 Å². The zero-order chi connectivity index (χ0) is 21.7. The van der Waals surface area contributed by atoms with E-state index in [2.05, 4.69) is 10.9 Å². The molecule has 0 aliphatic carbocycles. The summed E-state index contributed by atoms with van der Waals surface area (Å²) in [5.41, 5.74) is 5.10. The van der Waals surface area contributed by atoms with Crippen molar-refractivity contribution >= 4 is 46.8 Å². The number of halogens is 2. The number of hydrogen-bond acceptors (Lipinski definition) is 5. The zero-order valence-corrected chi connectivity index (χ0v) is 17.6. The summed E-state index contributed by atoms with van der Waals surface area (Å²) < 4.78 is 18.8. The summed E-state index contributed by atoms with van der Waals surface area (Å²) in [6.45, 7) is 0.126. The second kappa shape index (κ2) is 9.82. The van der Waals surface area contributed by atoms with E-state index in [0.29, 0.717) is 21.4 Å². The van der Waals surface area contributed by atoms with E-state index in [4.69, 9.17) is 16.3 Å². The molecule has 0 bridgehead atoms. The molecule has 1 unspecified atom stereocenters. The maximum Gasteiger partial charge on any atom is 0.248 e. The van der Waals surface area contributed by atoms with Gasteiger partial charge in [-0.25, -0.2) is 4.39 Å². The van der Waals surface area contributed by atoms with Gasteiger partial charge in [-0.1, -0.05) is 23.7 Å². The van der Waals surface area contributed by atoms with E-state index in [-0.39, 0.29) is 24.6 Å². The van der Waals surface area contributed by atoms with E-state index in [9.17, 15) is 18.8 Å². The summed E-state index contributed by atoms with van der Waals surface area (Å²) in [7, 11) is 1.48. The Morgan fingerprint density at radius 1 is 1.27 bits per heavy atom. The van der Waals surface area contributed by atoms with Crippen LogP contribution in [0.2, 0.25) is 5.02 Å². The van der Waals surface area contributed by atoms with E-state index in [1.165, 1.54) is 18.1 Å². The maximum absolute atomic E-state index is 13.6. The maximum atomic E-state index is 13.6. The molecule has 1 heterocycles. The number of anilines is 1. The summed E-state index contributed by atoms with van der Waals surface area (Å²) in [6.07, 6.45) is -0.0126. The van der Waals surface area contributed by atoms with Gasteiger partial charge in [-0.15, -0.1) is 11.8 Å². The third-order valence-electron chi connectivity index (χ3n) is 4.45. The van der Waals surface area contributed by atoms with Crippen molar-refractivity contribution in [1.29, 1.82) is 0 Å². The van der Waals surface area contributed by atoms with Crippen molar-refractivity contribution in [3.63, 3.8) is 0 Å². The molecule has 1 fully saturated rings. The minimum Gasteiger partial charge on any atom is -0.495 e. The fourth-order valence-corrected chi connectivity index (χ4v) is 3.87. The van der Waals surface area contributed by atoms with Crippen LogP contribution in [0.3, 0.4) is 0 Å². The van der Waals surface area contributed by atoms with E-state index in [1.54, 1.807) is 36.4 Å². The highest BCUT2D eigenvalue weighted by Crippen LogP contribution is 2.35. The number of carbonyl (C=O) groups excluding carboxylic acids is 3. The standard InChI is InChI=1S/C20H19ClFN3O4S/c1-29-16-7-6-13(21)9-15(16)25-10-12(8-19(25)27)20(28)24-23-18(26)11-30-17-5-3-2-4-14(17)22/h2-7,9,12H,8,10-11H2,1H3,(H,23,26)(H,24,28). The van der Waals surface area contributed by atoms with Crippen molar-refractivity contribution in [2.24, 2.45) is 5.92 Å². The number of hydrazine groups is 1. The van der Waals surface area contributed by atoms with Gasteiger partial charge in [0.25, 0.3) is 0 Å². The van der Waals surface area contributed by atoms with Crippen LogP contribution in [0.4, 0.5) is 10.1 Å². The summed E-state index contributed by atoms with van der Waals surface area (Å²) in [5, 5.41) is 0.436. The van der Waals surface area contributed by atoms with Gasteiger partial charge in [0.15, 0.2) is 0 Å². The highest BCUT2D eigenvalue weighted by molar-refractivity contribution is 8.00. The Morgan fingerprint density at radius 2 is 2.03 bits per heavy atom. The topological polar surface area (TPSA) is 87.7 Å². The van der Waals surface area contributed by atoms with Crippen molar-refractivity contribution in [3.8, 4) is 5.75 Å². The van der Waals surface area contributed by atoms with Gasteiger partial charge in [-0.2, -0.15) is 0 Å². The second-order valence-electron chi connectivity index (χ2n) is 6.48. The molecule has 1 saturated heterocycles. The molecule has 3 amide bonds. The molecule has 1 atom stereocenters. The Hall–Kier alpha value is -2.78. The molecule has 0 saturated carbocycles. The molecule has 1 aliphatic heterocycles. The van der Waals surface area contributed by atoms with E-state index in [1.807, 2.05) is 0 Å². The van der Waals surface area contributed by atoms with Crippen LogP contribution < -0.4 is 20.5 Å². The van der Waals surface area contributed by atoms with E-state index >= 15 is 0 Å². The summed E-state index contributed by atoms with van der Waals surface area (Å²) in [5.74, 6) is -1.91. The van der Waals surface area contributed by atoms with Crippen molar-refractivity contribution < 1.29 is 23.5 Å². The van der Waals surface area contributed by atoms with Crippen LogP contribution in [-0.4, -0.2) is 37.1 Å². The molecule has 0 aromatic heterocycles. The van der Waals surface area contributed by atoms with Gasteiger partial charge < -0.3 is 9.64 Å². The summed E-state index contributed by atoms with van der Waals surface area (Å²) >= 11 is 7.04. The smallest absolute Gasteiger partial charge is 0.248 e. The molecular formula is C20H19ClFN3O4S. The van der Waals surface area contributed by atoms with Crippen LogP contribution in [-0.2, 0) is 14.4 Å². The van der Waals surface area contributed by atoms with Crippen LogP contribution >= 0.6 is 23.4 Å². The lowest BCUT2D eigenvalue weighted by Gasteiger charge is -2.20. The third kappa shape index (κ3) is 5.22. The number of carbonyl (C=O) groups is 3. The number of rotatable bonds is 6. The minimum absolute atomic E-state index is 0.0126. The van der Waals surface area contributed by atoms with Crippen LogP contribution in [0.5, 0.6) is 5.75 Å². The molecule has 158 valence electrons. The van der Waals surface area contributed by atoms with Gasteiger partial charge in [0.05, 0.1) is 24.5 Å². The minimum atomic E-state index is -0.652. The Balaban J connectivity index is 1.53. The fourth-order valence-electron chi connectivity index (χ4n) is 2.96. The first-order chi connectivity index (χ1) is 14.4. The molecule has 30 heavy (non-hydrogen) atoms. The molecule has 2 N–H and O–H groups in total. The number of ether oxygens (including phenoxy) is 1. The normalized spacial score (nSPS) is 15.8. The average molecular weight is 452 g/mol. The molecule has 2 aromatic rings. The average Bonchev–Trinajstić information content (AvgIpc) is 3.13.